The average Bonchev–Trinajstić information content (AvgIpc) is 3.05. The second-order valence-electron chi connectivity index (χ2n) is 11.2. The van der Waals surface area contributed by atoms with Gasteiger partial charge in [0.2, 0.25) is 35.4 Å². The van der Waals surface area contributed by atoms with Crippen LogP contribution in [0.3, 0.4) is 0 Å². The molecule has 21 heteroatoms. The van der Waals surface area contributed by atoms with E-state index in [1.165, 1.54) is 12.1 Å². The van der Waals surface area contributed by atoms with Crippen molar-refractivity contribution in [2.45, 2.75) is 75.2 Å². The predicted molar refractivity (Wildman–Crippen MR) is 189 cm³/mol. The summed E-state index contributed by atoms with van der Waals surface area (Å²) in [7, 11) is 0. The molecule has 278 valence electrons. The lowest BCUT2D eigenvalue weighted by molar-refractivity contribution is -0.135. The number of phenols is 1. The van der Waals surface area contributed by atoms with Crippen molar-refractivity contribution >= 4 is 60.0 Å². The molecule has 0 aromatic heterocycles. The van der Waals surface area contributed by atoms with Crippen molar-refractivity contribution < 1.29 is 33.9 Å². The third-order valence-corrected chi connectivity index (χ3v) is 7.43. The van der Waals surface area contributed by atoms with Gasteiger partial charge in [-0.25, -0.2) is 0 Å². The summed E-state index contributed by atoms with van der Waals surface area (Å²) < 4.78 is 0. The molecule has 1 aromatic carbocycles. The van der Waals surface area contributed by atoms with E-state index in [-0.39, 0.29) is 81.5 Å². The molecule has 6 amide bonds. The van der Waals surface area contributed by atoms with Gasteiger partial charge in [0.25, 0.3) is 0 Å². The zero-order valence-corrected chi connectivity index (χ0v) is 28.4. The Morgan fingerprint density at radius 1 is 0.660 bits per heavy atom. The van der Waals surface area contributed by atoms with E-state index in [9.17, 15) is 33.9 Å². The van der Waals surface area contributed by atoms with Gasteiger partial charge in [-0.2, -0.15) is 12.6 Å². The number of primary amides is 2. The number of guanidine groups is 2. The van der Waals surface area contributed by atoms with Crippen LogP contribution in [-0.4, -0.2) is 102 Å². The number of phenolic OH excluding ortho intramolecular Hbond substituents is 1. The first-order valence-electron chi connectivity index (χ1n) is 15.6. The molecule has 20 nitrogen and oxygen atoms in total. The third kappa shape index (κ3) is 17.2. The normalized spacial score (nSPS) is 13.6. The number of amides is 6. The number of carbonyl (C=O) groups is 6. The zero-order chi connectivity index (χ0) is 37.8. The van der Waals surface area contributed by atoms with E-state index in [1.54, 1.807) is 12.1 Å². The number of rotatable bonds is 23. The van der Waals surface area contributed by atoms with E-state index in [0.717, 1.165) is 0 Å². The molecule has 5 atom stereocenters. The number of hydrogen-bond donors (Lipinski definition) is 13. The van der Waals surface area contributed by atoms with Crippen molar-refractivity contribution in [3.05, 3.63) is 29.8 Å². The highest BCUT2D eigenvalue weighted by Gasteiger charge is 2.31. The maximum absolute atomic E-state index is 13.6. The van der Waals surface area contributed by atoms with Gasteiger partial charge in [0.1, 0.15) is 29.9 Å². The summed E-state index contributed by atoms with van der Waals surface area (Å²) in [4.78, 5) is 84.7. The second-order valence-corrected chi connectivity index (χ2v) is 11.6. The lowest BCUT2D eigenvalue weighted by Gasteiger charge is -2.26. The van der Waals surface area contributed by atoms with Gasteiger partial charge >= 0.3 is 0 Å². The molecule has 19 N–H and O–H groups in total. The number of nitrogens with two attached hydrogens (primary N) is 7. The third-order valence-electron chi connectivity index (χ3n) is 7.04. The highest BCUT2D eigenvalue weighted by molar-refractivity contribution is 7.80. The van der Waals surface area contributed by atoms with Gasteiger partial charge in [0, 0.05) is 31.7 Å². The standard InChI is InChI=1S/C29H49N13O7S/c30-17(14-50)24(46)39-18(3-1-11-37-28(33)34)25(47)41-20(9-10-22(31)44)27(49)40-19(4-2-12-38-29(35)36)26(48)42-21(23(32)45)13-15-5-7-16(43)8-6-15/h5-8,17-21,43,50H,1-4,9-14,30H2,(H2,31,44)(H2,32,45)(H,39,46)(H,40,49)(H,41,47)(H,42,48)(H4,33,34,37)(H4,35,36,38). The van der Waals surface area contributed by atoms with Gasteiger partial charge in [-0.15, -0.1) is 0 Å². The first-order chi connectivity index (χ1) is 23.5. The molecule has 0 spiro atoms. The smallest absolute Gasteiger partial charge is 0.243 e. The Morgan fingerprint density at radius 2 is 1.08 bits per heavy atom. The zero-order valence-electron chi connectivity index (χ0n) is 27.5. The molecule has 0 aliphatic carbocycles. The van der Waals surface area contributed by atoms with Crippen LogP contribution in [0.5, 0.6) is 5.75 Å². The fourth-order valence-electron chi connectivity index (χ4n) is 4.37. The summed E-state index contributed by atoms with van der Waals surface area (Å²) in [6, 6.07) is -0.285. The van der Waals surface area contributed by atoms with E-state index >= 15 is 0 Å². The van der Waals surface area contributed by atoms with E-state index in [0.29, 0.717) is 5.56 Å². The minimum atomic E-state index is -1.41. The summed E-state index contributed by atoms with van der Waals surface area (Å²) in [5.41, 5.74) is 38.7. The van der Waals surface area contributed by atoms with Crippen LogP contribution in [0.15, 0.2) is 34.3 Å². The number of thiol groups is 1. The lowest BCUT2D eigenvalue weighted by Crippen LogP contribution is -2.59. The molecule has 0 radical (unpaired) electrons. The summed E-state index contributed by atoms with van der Waals surface area (Å²) in [5.74, 6) is -5.20. The van der Waals surface area contributed by atoms with Crippen LogP contribution in [0, 0.1) is 0 Å². The number of hydrogen-bond acceptors (Lipinski definition) is 11. The predicted octanol–water partition coefficient (Wildman–Crippen LogP) is -5.01. The van der Waals surface area contributed by atoms with E-state index in [2.05, 4.69) is 43.9 Å². The number of benzene rings is 1. The second kappa shape index (κ2) is 22.3. The highest BCUT2D eigenvalue weighted by Crippen LogP contribution is 2.12. The monoisotopic (exact) mass is 723 g/mol. The largest absolute Gasteiger partial charge is 0.508 e. The van der Waals surface area contributed by atoms with Crippen LogP contribution >= 0.6 is 12.6 Å². The van der Waals surface area contributed by atoms with Crippen LogP contribution in [0.4, 0.5) is 0 Å². The Kier molecular flexibility index (Phi) is 19.1. The van der Waals surface area contributed by atoms with Gasteiger partial charge in [0.05, 0.1) is 6.04 Å². The van der Waals surface area contributed by atoms with Crippen LogP contribution in [0.1, 0.15) is 44.1 Å². The molecule has 0 fully saturated rings. The first kappa shape index (κ1) is 42.7. The summed E-state index contributed by atoms with van der Waals surface area (Å²) in [5, 5.41) is 19.6. The molecule has 0 saturated carbocycles. The fourth-order valence-corrected chi connectivity index (χ4v) is 4.54. The van der Waals surface area contributed by atoms with Crippen LogP contribution < -0.4 is 61.4 Å². The summed E-state index contributed by atoms with van der Waals surface area (Å²) >= 11 is 4.00. The van der Waals surface area contributed by atoms with Crippen molar-refractivity contribution in [3.63, 3.8) is 0 Å². The number of nitrogens with one attached hydrogen (secondary N) is 4. The van der Waals surface area contributed by atoms with Gasteiger partial charge in [-0.3, -0.25) is 38.8 Å². The van der Waals surface area contributed by atoms with Crippen LogP contribution in [-0.2, 0) is 35.2 Å². The maximum Gasteiger partial charge on any atom is 0.243 e. The lowest BCUT2D eigenvalue weighted by atomic mass is 10.0. The Morgan fingerprint density at radius 3 is 1.48 bits per heavy atom. The number of nitrogens with zero attached hydrogens (tertiary/aromatic N) is 2. The molecular formula is C29H49N13O7S. The summed E-state index contributed by atoms with van der Waals surface area (Å²) in [6.07, 6.45) is -0.186. The van der Waals surface area contributed by atoms with Gasteiger partial charge in [-0.1, -0.05) is 12.1 Å². The molecule has 1 rings (SSSR count). The Balaban J connectivity index is 3.28. The van der Waals surface area contributed by atoms with Gasteiger partial charge < -0.3 is 66.5 Å². The molecule has 0 heterocycles. The maximum atomic E-state index is 13.6. The highest BCUT2D eigenvalue weighted by atomic mass is 32.1. The van der Waals surface area contributed by atoms with Crippen LogP contribution in [0.2, 0.25) is 0 Å². The molecule has 1 aromatic rings. The molecule has 5 unspecified atom stereocenters. The minimum Gasteiger partial charge on any atom is -0.508 e. The van der Waals surface area contributed by atoms with E-state index in [4.69, 9.17) is 40.1 Å². The first-order valence-corrected chi connectivity index (χ1v) is 16.2. The number of carbonyl (C=O) groups excluding carboxylic acids is 6. The van der Waals surface area contributed by atoms with Crippen LogP contribution in [0.25, 0.3) is 0 Å². The van der Waals surface area contributed by atoms with Gasteiger partial charge in [0.15, 0.2) is 11.9 Å². The van der Waals surface area contributed by atoms with Gasteiger partial charge in [-0.05, 0) is 49.8 Å². The van der Waals surface area contributed by atoms with Crippen molar-refractivity contribution in [2.75, 3.05) is 18.8 Å². The Bertz CT molecular complexity index is 1370. The minimum absolute atomic E-state index is 0.00387. The van der Waals surface area contributed by atoms with E-state index < -0.39 is 65.7 Å². The Hall–Kier alpha value is -5.31. The van der Waals surface area contributed by atoms with Crippen molar-refractivity contribution in [1.29, 1.82) is 0 Å². The van der Waals surface area contributed by atoms with Crippen molar-refractivity contribution in [2.24, 2.45) is 50.1 Å². The topological polar surface area (TPSA) is 378 Å². The number of aliphatic imine (C=N–C) groups is 2. The molecule has 0 aliphatic heterocycles. The molecular weight excluding hydrogens is 674 g/mol. The van der Waals surface area contributed by atoms with E-state index in [1.807, 2.05) is 0 Å². The van der Waals surface area contributed by atoms with Crippen molar-refractivity contribution in [1.82, 2.24) is 21.3 Å². The quantitative estimate of drug-likeness (QED) is 0.0218. The summed E-state index contributed by atoms with van der Waals surface area (Å²) in [6.45, 7) is 0.216. The SMILES string of the molecule is NC(=O)CCC(NC(=O)C(CCCN=C(N)N)NC(=O)C(N)CS)C(=O)NC(CCCN=C(N)N)C(=O)NC(Cc1ccc(O)cc1)C(N)=O. The van der Waals surface area contributed by atoms with Crippen molar-refractivity contribution in [3.8, 4) is 5.75 Å². The molecule has 0 bridgehead atoms. The Labute approximate surface area is 294 Å². The molecule has 0 saturated heterocycles. The number of aromatic hydroxyl groups is 1. The molecule has 50 heavy (non-hydrogen) atoms. The average molecular weight is 724 g/mol. The fraction of sp³-hybridized carbons (Fsp3) is 0.517. The molecule has 0 aliphatic rings.